The van der Waals surface area contributed by atoms with Gasteiger partial charge in [-0.25, -0.2) is 8.99 Å². The first kappa shape index (κ1) is 12.8. The Morgan fingerprint density at radius 1 is 1.25 bits per heavy atom. The molecule has 1 rings (SSSR count). The van der Waals surface area contributed by atoms with Crippen molar-refractivity contribution in [1.29, 1.82) is 4.78 Å². The molecule has 0 amide bonds. The van der Waals surface area contributed by atoms with Crippen LogP contribution in [0.15, 0.2) is 29.2 Å². The van der Waals surface area contributed by atoms with Gasteiger partial charge >= 0.3 is 0 Å². The van der Waals surface area contributed by atoms with Crippen molar-refractivity contribution >= 4 is 9.73 Å². The lowest BCUT2D eigenvalue weighted by atomic mass is 9.97. The van der Waals surface area contributed by atoms with E-state index in [2.05, 4.69) is 11.8 Å². The molecule has 16 heavy (non-hydrogen) atoms. The van der Waals surface area contributed by atoms with Crippen molar-refractivity contribution in [3.8, 4) is 11.8 Å². The normalized spacial score (nSPS) is 14.8. The van der Waals surface area contributed by atoms with Gasteiger partial charge in [0.05, 0.1) is 14.6 Å². The summed E-state index contributed by atoms with van der Waals surface area (Å²) in [4.78, 5) is 0.520. The van der Waals surface area contributed by atoms with Crippen LogP contribution in [-0.4, -0.2) is 10.5 Å². The van der Waals surface area contributed by atoms with E-state index >= 15 is 0 Å². The quantitative estimate of drug-likeness (QED) is 0.746. The van der Waals surface area contributed by atoms with Crippen molar-refractivity contribution in [2.45, 2.75) is 25.7 Å². The Morgan fingerprint density at radius 3 is 2.31 bits per heavy atom. The second-order valence-corrected chi connectivity index (χ2v) is 6.97. The standard InChI is InChI=1S/C13H17NOS/c1-13(2,3)10-9-11-7-5-6-8-12(11)16(4,14)15/h5-8,14H,1-4H3. The maximum atomic E-state index is 11.7. The molecule has 0 heterocycles. The third-order valence-electron chi connectivity index (χ3n) is 1.88. The van der Waals surface area contributed by atoms with Crippen molar-refractivity contribution in [2.24, 2.45) is 5.41 Å². The van der Waals surface area contributed by atoms with Gasteiger partial charge in [-0.1, -0.05) is 24.0 Å². The molecule has 86 valence electrons. The molecule has 3 heteroatoms. The van der Waals surface area contributed by atoms with Crippen molar-refractivity contribution < 1.29 is 4.21 Å². The molecule has 1 aromatic rings. The first-order valence-corrected chi connectivity index (χ1v) is 7.03. The average molecular weight is 235 g/mol. The van der Waals surface area contributed by atoms with Gasteiger partial charge in [-0.15, -0.1) is 0 Å². The highest BCUT2D eigenvalue weighted by Crippen LogP contribution is 2.16. The van der Waals surface area contributed by atoms with Crippen molar-refractivity contribution in [2.75, 3.05) is 6.26 Å². The lowest BCUT2D eigenvalue weighted by Gasteiger charge is -2.08. The molecule has 0 aliphatic heterocycles. The molecule has 1 unspecified atom stereocenters. The Balaban J connectivity index is 3.30. The zero-order valence-electron chi connectivity index (χ0n) is 10.1. The van der Waals surface area contributed by atoms with E-state index in [-0.39, 0.29) is 5.41 Å². The highest BCUT2D eigenvalue weighted by Gasteiger charge is 2.08. The third-order valence-corrected chi connectivity index (χ3v) is 3.07. The number of hydrogen-bond donors (Lipinski definition) is 1. The molecular formula is C13H17NOS. The van der Waals surface area contributed by atoms with Crippen molar-refractivity contribution in [3.05, 3.63) is 29.8 Å². The predicted molar refractivity (Wildman–Crippen MR) is 67.8 cm³/mol. The van der Waals surface area contributed by atoms with Crippen LogP contribution in [0.5, 0.6) is 0 Å². The molecule has 0 saturated carbocycles. The summed E-state index contributed by atoms with van der Waals surface area (Å²) >= 11 is 0. The predicted octanol–water partition coefficient (Wildman–Crippen LogP) is 3.12. The smallest absolute Gasteiger partial charge is 0.0709 e. The molecule has 0 aliphatic rings. The Kier molecular flexibility index (Phi) is 3.44. The molecule has 0 fully saturated rings. The number of rotatable bonds is 1. The average Bonchev–Trinajstić information content (AvgIpc) is 2.12. The van der Waals surface area contributed by atoms with E-state index in [1.807, 2.05) is 32.9 Å². The van der Waals surface area contributed by atoms with Gasteiger partial charge in [-0.3, -0.25) is 0 Å². The van der Waals surface area contributed by atoms with Gasteiger partial charge in [0.15, 0.2) is 0 Å². The second-order valence-electron chi connectivity index (χ2n) is 4.84. The third kappa shape index (κ3) is 3.71. The van der Waals surface area contributed by atoms with Crippen LogP contribution in [0.2, 0.25) is 0 Å². The van der Waals surface area contributed by atoms with Crippen LogP contribution >= 0.6 is 0 Å². The summed E-state index contributed by atoms with van der Waals surface area (Å²) in [7, 11) is -2.70. The van der Waals surface area contributed by atoms with Crippen LogP contribution in [0.4, 0.5) is 0 Å². The van der Waals surface area contributed by atoms with Gasteiger partial charge < -0.3 is 0 Å². The van der Waals surface area contributed by atoms with Crippen molar-refractivity contribution in [3.63, 3.8) is 0 Å². The van der Waals surface area contributed by atoms with E-state index < -0.39 is 9.73 Å². The first-order valence-electron chi connectivity index (χ1n) is 5.06. The van der Waals surface area contributed by atoms with E-state index in [0.29, 0.717) is 10.5 Å². The van der Waals surface area contributed by atoms with Gasteiger partial charge in [-0.2, -0.15) is 0 Å². The zero-order chi connectivity index (χ0) is 12.4. The molecule has 0 aliphatic carbocycles. The summed E-state index contributed by atoms with van der Waals surface area (Å²) in [5.41, 5.74) is 0.601. The molecular weight excluding hydrogens is 218 g/mol. The summed E-state index contributed by atoms with van der Waals surface area (Å²) in [5, 5.41) is 0. The number of benzene rings is 1. The summed E-state index contributed by atoms with van der Waals surface area (Å²) in [6.07, 6.45) is 1.42. The highest BCUT2D eigenvalue weighted by atomic mass is 32.2. The Hall–Kier alpha value is -1.27. The van der Waals surface area contributed by atoms with E-state index in [9.17, 15) is 4.21 Å². The first-order chi connectivity index (χ1) is 7.20. The number of hydrogen-bond acceptors (Lipinski definition) is 2. The van der Waals surface area contributed by atoms with Crippen LogP contribution in [-0.2, 0) is 9.73 Å². The fraction of sp³-hybridized carbons (Fsp3) is 0.385. The van der Waals surface area contributed by atoms with E-state index in [1.165, 1.54) is 6.26 Å². The lowest BCUT2D eigenvalue weighted by Crippen LogP contribution is -2.01. The zero-order valence-corrected chi connectivity index (χ0v) is 10.9. The Morgan fingerprint density at radius 2 is 1.81 bits per heavy atom. The van der Waals surface area contributed by atoms with Gasteiger partial charge in [0, 0.05) is 17.2 Å². The number of nitrogens with one attached hydrogen (secondary N) is 1. The van der Waals surface area contributed by atoms with Gasteiger partial charge in [0.25, 0.3) is 0 Å². The van der Waals surface area contributed by atoms with Crippen molar-refractivity contribution in [1.82, 2.24) is 0 Å². The fourth-order valence-electron chi connectivity index (χ4n) is 1.16. The summed E-state index contributed by atoms with van der Waals surface area (Å²) in [6, 6.07) is 7.16. The van der Waals surface area contributed by atoms with Gasteiger partial charge in [-0.05, 0) is 32.9 Å². The second kappa shape index (κ2) is 4.31. The minimum atomic E-state index is -2.70. The minimum absolute atomic E-state index is 0.0935. The molecule has 0 bridgehead atoms. The monoisotopic (exact) mass is 235 g/mol. The largest absolute Gasteiger partial charge is 0.249 e. The molecule has 1 atom stereocenters. The maximum Gasteiger partial charge on any atom is 0.0709 e. The molecule has 0 spiro atoms. The molecule has 0 radical (unpaired) electrons. The van der Waals surface area contributed by atoms with Crippen LogP contribution in [0, 0.1) is 22.0 Å². The summed E-state index contributed by atoms with van der Waals surface area (Å²) in [6.45, 7) is 6.06. The minimum Gasteiger partial charge on any atom is -0.249 e. The van der Waals surface area contributed by atoms with Crippen LogP contribution in [0.1, 0.15) is 26.3 Å². The SMILES string of the molecule is CC(C)(C)C#Cc1ccccc1S(C)(=N)=O. The fourth-order valence-corrected chi connectivity index (χ4v) is 2.04. The van der Waals surface area contributed by atoms with Gasteiger partial charge in [0.2, 0.25) is 0 Å². The maximum absolute atomic E-state index is 11.7. The molecule has 2 nitrogen and oxygen atoms in total. The van der Waals surface area contributed by atoms with E-state index in [0.717, 1.165) is 0 Å². The molecule has 1 aromatic carbocycles. The summed E-state index contributed by atoms with van der Waals surface area (Å²) < 4.78 is 19.3. The summed E-state index contributed by atoms with van der Waals surface area (Å²) in [5.74, 6) is 6.10. The van der Waals surface area contributed by atoms with E-state index in [4.69, 9.17) is 4.78 Å². The Bertz CT molecular complexity index is 539. The van der Waals surface area contributed by atoms with Crippen LogP contribution in [0.25, 0.3) is 0 Å². The molecule has 0 aromatic heterocycles. The van der Waals surface area contributed by atoms with E-state index in [1.54, 1.807) is 12.1 Å². The van der Waals surface area contributed by atoms with Gasteiger partial charge in [0.1, 0.15) is 0 Å². The topological polar surface area (TPSA) is 40.9 Å². The van der Waals surface area contributed by atoms with Crippen LogP contribution in [0.3, 0.4) is 0 Å². The lowest BCUT2D eigenvalue weighted by molar-refractivity contribution is 0.571. The Labute approximate surface area is 98.1 Å². The molecule has 0 saturated heterocycles. The highest BCUT2D eigenvalue weighted by molar-refractivity contribution is 7.91. The molecule has 1 N–H and O–H groups in total. The van der Waals surface area contributed by atoms with Crippen LogP contribution < -0.4 is 0 Å².